The number of likely N-dealkylation sites (tertiary alicyclic amines) is 1. The Morgan fingerprint density at radius 3 is 2.24 bits per heavy atom. The van der Waals surface area contributed by atoms with Crippen molar-refractivity contribution in [2.24, 2.45) is 5.92 Å². The molecule has 1 amide bonds. The van der Waals surface area contributed by atoms with Gasteiger partial charge in [0.15, 0.2) is 17.5 Å². The molecule has 1 heterocycles. The monoisotopic (exact) mass is 322 g/mol. The Labute approximate surface area is 127 Å². The molecule has 3 nitrogen and oxygen atoms in total. The number of carbonyl (C=O) groups is 1. The molecule has 0 aliphatic carbocycles. The van der Waals surface area contributed by atoms with Gasteiger partial charge in [0.25, 0.3) is 5.91 Å². The molecule has 7 heteroatoms. The van der Waals surface area contributed by atoms with Crippen LogP contribution in [0.3, 0.4) is 0 Å². The van der Waals surface area contributed by atoms with Crippen molar-refractivity contribution < 1.29 is 18.0 Å². The predicted octanol–water partition coefficient (Wildman–Crippen LogP) is 2.60. The number of piperidine rings is 1. The predicted molar refractivity (Wildman–Crippen MR) is 76.1 cm³/mol. The SMILES string of the molecule is CNCC1CCN(C(=O)c2cc(F)c(F)c(F)c2)CC1.Cl. The number of benzene rings is 1. The molecule has 1 aromatic rings. The Balaban J connectivity index is 0.00000220. The van der Waals surface area contributed by atoms with Crippen LogP contribution in [0.25, 0.3) is 0 Å². The van der Waals surface area contributed by atoms with Gasteiger partial charge in [0.2, 0.25) is 0 Å². The summed E-state index contributed by atoms with van der Waals surface area (Å²) in [6, 6.07) is 1.50. The van der Waals surface area contributed by atoms with Crippen LogP contribution < -0.4 is 5.32 Å². The molecule has 0 bridgehead atoms. The second-order valence-electron chi connectivity index (χ2n) is 5.05. The molecule has 0 saturated carbocycles. The molecule has 2 rings (SSSR count). The highest BCUT2D eigenvalue weighted by Gasteiger charge is 2.24. The summed E-state index contributed by atoms with van der Waals surface area (Å²) in [6.07, 6.45) is 1.69. The van der Waals surface area contributed by atoms with Crippen LogP contribution in [0, 0.1) is 23.4 Å². The molecule has 1 N–H and O–H groups in total. The van der Waals surface area contributed by atoms with E-state index in [0.29, 0.717) is 19.0 Å². The molecule has 1 aromatic carbocycles. The summed E-state index contributed by atoms with van der Waals surface area (Å²) in [6.45, 7) is 1.99. The maximum absolute atomic E-state index is 13.1. The van der Waals surface area contributed by atoms with Gasteiger partial charge in [-0.05, 0) is 44.5 Å². The van der Waals surface area contributed by atoms with Gasteiger partial charge in [0.05, 0.1) is 0 Å². The van der Waals surface area contributed by atoms with Crippen LogP contribution in [0.2, 0.25) is 0 Å². The van der Waals surface area contributed by atoms with E-state index in [9.17, 15) is 18.0 Å². The Kier molecular flexibility index (Phi) is 6.48. The first-order valence-corrected chi connectivity index (χ1v) is 6.61. The molecule has 1 saturated heterocycles. The van der Waals surface area contributed by atoms with E-state index in [-0.39, 0.29) is 18.0 Å². The fraction of sp³-hybridized carbons (Fsp3) is 0.500. The smallest absolute Gasteiger partial charge is 0.254 e. The number of rotatable bonds is 3. The molecule has 0 radical (unpaired) electrons. The summed E-state index contributed by atoms with van der Waals surface area (Å²) in [4.78, 5) is 13.7. The molecule has 0 unspecified atom stereocenters. The van der Waals surface area contributed by atoms with Crippen LogP contribution in [-0.4, -0.2) is 37.5 Å². The van der Waals surface area contributed by atoms with Crippen LogP contribution in [0.5, 0.6) is 0 Å². The zero-order valence-corrected chi connectivity index (χ0v) is 12.5. The molecule has 0 atom stereocenters. The topological polar surface area (TPSA) is 32.3 Å². The van der Waals surface area contributed by atoms with Crippen molar-refractivity contribution in [3.05, 3.63) is 35.1 Å². The average molecular weight is 323 g/mol. The summed E-state index contributed by atoms with van der Waals surface area (Å²) in [5.41, 5.74) is -0.145. The van der Waals surface area contributed by atoms with Gasteiger partial charge in [-0.3, -0.25) is 4.79 Å². The zero-order chi connectivity index (χ0) is 14.7. The second kappa shape index (κ2) is 7.66. The first-order chi connectivity index (χ1) is 9.52. The summed E-state index contributed by atoms with van der Waals surface area (Å²) in [5.74, 6) is -4.16. The van der Waals surface area contributed by atoms with Crippen LogP contribution in [0.4, 0.5) is 13.2 Å². The summed E-state index contributed by atoms with van der Waals surface area (Å²) in [7, 11) is 1.88. The second-order valence-corrected chi connectivity index (χ2v) is 5.05. The minimum atomic E-state index is -1.55. The lowest BCUT2D eigenvalue weighted by Gasteiger charge is -2.32. The van der Waals surface area contributed by atoms with Crippen molar-refractivity contribution in [3.8, 4) is 0 Å². The zero-order valence-electron chi connectivity index (χ0n) is 11.7. The van der Waals surface area contributed by atoms with Gasteiger partial charge in [-0.25, -0.2) is 13.2 Å². The van der Waals surface area contributed by atoms with Gasteiger partial charge >= 0.3 is 0 Å². The summed E-state index contributed by atoms with van der Waals surface area (Å²) >= 11 is 0. The van der Waals surface area contributed by atoms with E-state index in [1.165, 1.54) is 0 Å². The summed E-state index contributed by atoms with van der Waals surface area (Å²) < 4.78 is 39.1. The largest absolute Gasteiger partial charge is 0.339 e. The molecule has 118 valence electrons. The minimum Gasteiger partial charge on any atom is -0.339 e. The van der Waals surface area contributed by atoms with Crippen LogP contribution in [0.15, 0.2) is 12.1 Å². The molecule has 1 aliphatic rings. The van der Waals surface area contributed by atoms with E-state index in [1.807, 2.05) is 7.05 Å². The lowest BCUT2D eigenvalue weighted by Crippen LogP contribution is -2.40. The number of hydrogen-bond donors (Lipinski definition) is 1. The van der Waals surface area contributed by atoms with Crippen LogP contribution >= 0.6 is 12.4 Å². The fourth-order valence-corrected chi connectivity index (χ4v) is 2.49. The first kappa shape index (κ1) is 17.8. The van der Waals surface area contributed by atoms with E-state index < -0.39 is 23.4 Å². The van der Waals surface area contributed by atoms with Crippen molar-refractivity contribution in [2.75, 3.05) is 26.7 Å². The number of nitrogens with zero attached hydrogens (tertiary/aromatic N) is 1. The Morgan fingerprint density at radius 1 is 1.24 bits per heavy atom. The maximum atomic E-state index is 13.1. The minimum absolute atomic E-state index is 0. The highest BCUT2D eigenvalue weighted by molar-refractivity contribution is 5.94. The average Bonchev–Trinajstić information content (AvgIpc) is 2.44. The third-order valence-electron chi connectivity index (χ3n) is 3.63. The van der Waals surface area contributed by atoms with Crippen molar-refractivity contribution in [1.29, 1.82) is 0 Å². The van der Waals surface area contributed by atoms with Crippen LogP contribution in [0.1, 0.15) is 23.2 Å². The lowest BCUT2D eigenvalue weighted by molar-refractivity contribution is 0.0689. The van der Waals surface area contributed by atoms with Gasteiger partial charge in [0, 0.05) is 18.7 Å². The Hall–Kier alpha value is -1.27. The number of hydrogen-bond acceptors (Lipinski definition) is 2. The molecular weight excluding hydrogens is 305 g/mol. The first-order valence-electron chi connectivity index (χ1n) is 6.61. The lowest BCUT2D eigenvalue weighted by atomic mass is 9.96. The molecule has 0 aromatic heterocycles. The Bertz CT molecular complexity index is 482. The van der Waals surface area contributed by atoms with E-state index in [4.69, 9.17) is 0 Å². The molecule has 1 aliphatic heterocycles. The maximum Gasteiger partial charge on any atom is 0.254 e. The molecule has 1 fully saturated rings. The fourth-order valence-electron chi connectivity index (χ4n) is 2.49. The van der Waals surface area contributed by atoms with E-state index in [2.05, 4.69) is 5.32 Å². The number of amides is 1. The Morgan fingerprint density at radius 2 is 1.76 bits per heavy atom. The van der Waals surface area contributed by atoms with Crippen molar-refractivity contribution in [1.82, 2.24) is 10.2 Å². The number of carbonyl (C=O) groups excluding carboxylic acids is 1. The van der Waals surface area contributed by atoms with Gasteiger partial charge in [-0.15, -0.1) is 12.4 Å². The van der Waals surface area contributed by atoms with Crippen molar-refractivity contribution in [2.45, 2.75) is 12.8 Å². The van der Waals surface area contributed by atoms with Crippen LogP contribution in [-0.2, 0) is 0 Å². The van der Waals surface area contributed by atoms with Crippen molar-refractivity contribution >= 4 is 18.3 Å². The van der Waals surface area contributed by atoms with Gasteiger partial charge < -0.3 is 10.2 Å². The highest BCUT2D eigenvalue weighted by atomic mass is 35.5. The van der Waals surface area contributed by atoms with E-state index in [1.54, 1.807) is 4.90 Å². The summed E-state index contributed by atoms with van der Waals surface area (Å²) in [5, 5.41) is 3.09. The standard InChI is InChI=1S/C14H17F3N2O.ClH/c1-18-8-9-2-4-19(5-3-9)14(20)10-6-11(15)13(17)12(16)7-10;/h6-7,9,18H,2-5,8H2,1H3;1H. The van der Waals surface area contributed by atoms with Gasteiger partial charge in [-0.2, -0.15) is 0 Å². The third-order valence-corrected chi connectivity index (χ3v) is 3.63. The van der Waals surface area contributed by atoms with Gasteiger partial charge in [0.1, 0.15) is 0 Å². The van der Waals surface area contributed by atoms with E-state index in [0.717, 1.165) is 31.5 Å². The third kappa shape index (κ3) is 4.11. The normalized spacial score (nSPS) is 15.7. The number of halogens is 4. The quantitative estimate of drug-likeness (QED) is 0.868. The molecule has 0 spiro atoms. The highest BCUT2D eigenvalue weighted by Crippen LogP contribution is 2.20. The van der Waals surface area contributed by atoms with Gasteiger partial charge in [-0.1, -0.05) is 0 Å². The molecular formula is C14H18ClF3N2O. The van der Waals surface area contributed by atoms with E-state index >= 15 is 0 Å². The van der Waals surface area contributed by atoms with Crippen molar-refractivity contribution in [3.63, 3.8) is 0 Å². The molecule has 21 heavy (non-hydrogen) atoms. The number of nitrogens with one attached hydrogen (secondary N) is 1.